The third-order valence-corrected chi connectivity index (χ3v) is 4.01. The lowest BCUT2D eigenvalue weighted by molar-refractivity contribution is 0.0955. The van der Waals surface area contributed by atoms with Gasteiger partial charge in [-0.25, -0.2) is 0 Å². The van der Waals surface area contributed by atoms with E-state index in [9.17, 15) is 9.90 Å². The molecular weight excluding hydrogens is 333 g/mol. The molecule has 1 aromatic carbocycles. The van der Waals surface area contributed by atoms with Crippen LogP contribution in [0, 0.1) is 0 Å². The molecule has 0 aliphatic rings. The minimum Gasteiger partial charge on any atom is -0.508 e. The smallest absolute Gasteiger partial charge is 0.261 e. The van der Waals surface area contributed by atoms with Crippen LogP contribution in [-0.2, 0) is 0 Å². The molecule has 0 saturated heterocycles. The number of phenolic OH excluding ortho intramolecular Hbond substituents is 1. The van der Waals surface area contributed by atoms with Crippen molar-refractivity contribution in [3.05, 3.63) is 44.6 Å². The van der Waals surface area contributed by atoms with Crippen molar-refractivity contribution in [2.75, 3.05) is 13.2 Å². The molecule has 0 bridgehead atoms. The maximum absolute atomic E-state index is 11.7. The number of thiophene rings is 1. The van der Waals surface area contributed by atoms with Crippen LogP contribution >= 0.6 is 34.5 Å². The van der Waals surface area contributed by atoms with Gasteiger partial charge in [0, 0.05) is 18.7 Å². The molecule has 0 atom stereocenters. The molecule has 0 spiro atoms. The Morgan fingerprint density at radius 2 is 2.05 bits per heavy atom. The van der Waals surface area contributed by atoms with Crippen LogP contribution in [0.15, 0.2) is 29.6 Å². The van der Waals surface area contributed by atoms with E-state index in [1.165, 1.54) is 23.5 Å². The lowest BCUT2D eigenvalue weighted by Crippen LogP contribution is -2.24. The molecule has 112 valence electrons. The standard InChI is InChI=1S/C14H13Cl2NO3S/c15-10-7-9(18)8-11(16)13(10)20-5-2-4-17-14(19)12-3-1-6-21-12/h1,3,6-8,18H,2,4-5H2,(H,17,19). The van der Waals surface area contributed by atoms with Crippen LogP contribution in [0.2, 0.25) is 10.0 Å². The molecule has 2 rings (SSSR count). The average molecular weight is 346 g/mol. The summed E-state index contributed by atoms with van der Waals surface area (Å²) >= 11 is 13.3. The van der Waals surface area contributed by atoms with Crippen LogP contribution in [0.5, 0.6) is 11.5 Å². The normalized spacial score (nSPS) is 10.4. The Labute approximate surface area is 136 Å². The topological polar surface area (TPSA) is 58.6 Å². The quantitative estimate of drug-likeness (QED) is 0.779. The van der Waals surface area contributed by atoms with Crippen LogP contribution in [0.1, 0.15) is 16.1 Å². The van der Waals surface area contributed by atoms with Crippen LogP contribution in [-0.4, -0.2) is 24.2 Å². The number of phenols is 1. The molecular formula is C14H13Cl2NO3S. The fourth-order valence-corrected chi connectivity index (χ4v) is 2.85. The summed E-state index contributed by atoms with van der Waals surface area (Å²) in [5.74, 6) is 0.229. The first kappa shape index (κ1) is 15.9. The molecule has 1 heterocycles. The highest BCUT2D eigenvalue weighted by molar-refractivity contribution is 7.12. The zero-order valence-corrected chi connectivity index (χ0v) is 13.3. The van der Waals surface area contributed by atoms with Crippen molar-refractivity contribution in [1.82, 2.24) is 5.32 Å². The molecule has 0 aliphatic carbocycles. The molecule has 7 heteroatoms. The second kappa shape index (κ2) is 7.54. The van der Waals surface area contributed by atoms with Gasteiger partial charge >= 0.3 is 0 Å². The van der Waals surface area contributed by atoms with E-state index in [0.29, 0.717) is 30.2 Å². The highest BCUT2D eigenvalue weighted by atomic mass is 35.5. The Bertz CT molecular complexity index is 594. The van der Waals surface area contributed by atoms with Crippen LogP contribution in [0.4, 0.5) is 0 Å². The molecule has 0 radical (unpaired) electrons. The van der Waals surface area contributed by atoms with Gasteiger partial charge in [0.1, 0.15) is 5.75 Å². The lowest BCUT2D eigenvalue weighted by atomic mass is 10.3. The number of hydrogen-bond donors (Lipinski definition) is 2. The van der Waals surface area contributed by atoms with Crippen molar-refractivity contribution in [2.24, 2.45) is 0 Å². The highest BCUT2D eigenvalue weighted by Crippen LogP contribution is 2.36. The molecule has 0 saturated carbocycles. The fraction of sp³-hybridized carbons (Fsp3) is 0.214. The number of benzene rings is 1. The van der Waals surface area contributed by atoms with Crippen molar-refractivity contribution < 1.29 is 14.6 Å². The van der Waals surface area contributed by atoms with Crippen molar-refractivity contribution in [3.63, 3.8) is 0 Å². The summed E-state index contributed by atoms with van der Waals surface area (Å²) < 4.78 is 5.47. The number of halogens is 2. The second-order valence-corrected chi connectivity index (χ2v) is 5.94. The van der Waals surface area contributed by atoms with E-state index in [0.717, 1.165) is 0 Å². The SMILES string of the molecule is O=C(NCCCOc1c(Cl)cc(O)cc1Cl)c1cccs1. The second-order valence-electron chi connectivity index (χ2n) is 4.17. The van der Waals surface area contributed by atoms with Crippen LogP contribution in [0.3, 0.4) is 0 Å². The fourth-order valence-electron chi connectivity index (χ4n) is 1.63. The minimum atomic E-state index is -0.0919. The zero-order valence-electron chi connectivity index (χ0n) is 10.9. The number of aromatic hydroxyl groups is 1. The first-order chi connectivity index (χ1) is 10.1. The van der Waals surface area contributed by atoms with E-state index in [1.54, 1.807) is 6.07 Å². The number of carbonyl (C=O) groups excluding carboxylic acids is 1. The largest absolute Gasteiger partial charge is 0.508 e. The van der Waals surface area contributed by atoms with E-state index in [4.69, 9.17) is 27.9 Å². The Hall–Kier alpha value is -1.43. The summed E-state index contributed by atoms with van der Waals surface area (Å²) in [6.07, 6.45) is 0.616. The molecule has 1 aromatic heterocycles. The summed E-state index contributed by atoms with van der Waals surface area (Å²) in [5, 5.41) is 14.5. The Kier molecular flexibility index (Phi) is 5.73. The summed E-state index contributed by atoms with van der Waals surface area (Å²) in [6.45, 7) is 0.846. The third-order valence-electron chi connectivity index (χ3n) is 2.58. The maximum Gasteiger partial charge on any atom is 0.261 e. The van der Waals surface area contributed by atoms with Gasteiger partial charge < -0.3 is 15.2 Å². The van der Waals surface area contributed by atoms with Crippen molar-refractivity contribution in [3.8, 4) is 11.5 Å². The predicted molar refractivity (Wildman–Crippen MR) is 84.9 cm³/mol. The van der Waals surface area contributed by atoms with Gasteiger partial charge in [-0.2, -0.15) is 0 Å². The van der Waals surface area contributed by atoms with Gasteiger partial charge in [0.15, 0.2) is 5.75 Å². The summed E-state index contributed by atoms with van der Waals surface area (Å²) in [6, 6.07) is 6.33. The molecule has 0 aliphatic heterocycles. The number of amides is 1. The van der Waals surface area contributed by atoms with Gasteiger partial charge in [-0.15, -0.1) is 11.3 Å². The molecule has 2 N–H and O–H groups in total. The third kappa shape index (κ3) is 4.52. The van der Waals surface area contributed by atoms with E-state index < -0.39 is 0 Å². The van der Waals surface area contributed by atoms with Gasteiger partial charge in [0.2, 0.25) is 0 Å². The monoisotopic (exact) mass is 345 g/mol. The van der Waals surface area contributed by atoms with Gasteiger partial charge in [-0.3, -0.25) is 4.79 Å². The van der Waals surface area contributed by atoms with E-state index in [-0.39, 0.29) is 21.7 Å². The Morgan fingerprint density at radius 3 is 2.67 bits per heavy atom. The summed E-state index contributed by atoms with van der Waals surface area (Å²) in [4.78, 5) is 12.4. The van der Waals surface area contributed by atoms with Crippen molar-refractivity contribution in [1.29, 1.82) is 0 Å². The van der Waals surface area contributed by atoms with Gasteiger partial charge in [0.25, 0.3) is 5.91 Å². The van der Waals surface area contributed by atoms with Crippen molar-refractivity contribution >= 4 is 40.4 Å². The minimum absolute atomic E-state index is 0.0134. The van der Waals surface area contributed by atoms with Crippen LogP contribution in [0.25, 0.3) is 0 Å². The first-order valence-corrected chi connectivity index (χ1v) is 7.84. The Balaban J connectivity index is 1.74. The van der Waals surface area contributed by atoms with Crippen molar-refractivity contribution in [2.45, 2.75) is 6.42 Å². The van der Waals surface area contributed by atoms with E-state index >= 15 is 0 Å². The van der Waals surface area contributed by atoms with Crippen LogP contribution < -0.4 is 10.1 Å². The number of nitrogens with one attached hydrogen (secondary N) is 1. The molecule has 2 aromatic rings. The van der Waals surface area contributed by atoms with Gasteiger partial charge in [-0.1, -0.05) is 29.3 Å². The highest BCUT2D eigenvalue weighted by Gasteiger charge is 2.09. The number of rotatable bonds is 6. The maximum atomic E-state index is 11.7. The van der Waals surface area contributed by atoms with Gasteiger partial charge in [0.05, 0.1) is 21.5 Å². The zero-order chi connectivity index (χ0) is 15.2. The van der Waals surface area contributed by atoms with E-state index in [1.807, 2.05) is 11.4 Å². The molecule has 1 amide bonds. The molecule has 0 fully saturated rings. The van der Waals surface area contributed by atoms with E-state index in [2.05, 4.69) is 5.32 Å². The predicted octanol–water partition coefficient (Wildman–Crippen LogP) is 3.96. The van der Waals surface area contributed by atoms with Gasteiger partial charge in [-0.05, 0) is 17.9 Å². The first-order valence-electron chi connectivity index (χ1n) is 6.20. The molecule has 0 unspecified atom stereocenters. The number of ether oxygens (including phenoxy) is 1. The number of carbonyl (C=O) groups is 1. The molecule has 21 heavy (non-hydrogen) atoms. The number of hydrogen-bond acceptors (Lipinski definition) is 4. The summed E-state index contributed by atoms with van der Waals surface area (Å²) in [5.41, 5.74) is 0. The summed E-state index contributed by atoms with van der Waals surface area (Å²) in [7, 11) is 0. The average Bonchev–Trinajstić information content (AvgIpc) is 2.94. The lowest BCUT2D eigenvalue weighted by Gasteiger charge is -2.10. The molecule has 4 nitrogen and oxygen atoms in total. The Morgan fingerprint density at radius 1 is 1.33 bits per heavy atom.